The van der Waals surface area contributed by atoms with Gasteiger partial charge in [0.25, 0.3) is 0 Å². The monoisotopic (exact) mass is 144 g/mol. The first-order valence-electron chi connectivity index (χ1n) is 2.92. The summed E-state index contributed by atoms with van der Waals surface area (Å²) in [5.74, 6) is 0.505. The Labute approximate surface area is 84.4 Å². The molecule has 2 heteroatoms. The van der Waals surface area contributed by atoms with E-state index < -0.39 is 0 Å². The maximum absolute atomic E-state index is 8.47. The summed E-state index contributed by atoms with van der Waals surface area (Å²) < 4.78 is 0. The van der Waals surface area contributed by atoms with E-state index in [-0.39, 0.29) is 40.6 Å². The van der Waals surface area contributed by atoms with E-state index in [1.54, 1.807) is 0 Å². The van der Waals surface area contributed by atoms with Gasteiger partial charge in [-0.1, -0.05) is 20.3 Å². The normalized spacial score (nSPS) is 12.4. The predicted molar refractivity (Wildman–Crippen MR) is 39.1 cm³/mol. The van der Waals surface area contributed by atoms with Crippen LogP contribution in [0.2, 0.25) is 0 Å². The number of hydrogen-bond donors (Lipinski definition) is 1. The van der Waals surface area contributed by atoms with Crippen LogP contribution in [0.3, 0.4) is 0 Å². The van der Waals surface area contributed by atoms with E-state index in [0.29, 0.717) is 12.5 Å². The Hall–Kier alpha value is 1.22. The Kier molecular flexibility index (Phi) is 12.3. The number of aliphatic hydroxyl groups excluding tert-OH is 1. The predicted octanol–water partition coefficient (Wildman–Crippen LogP) is 1.26. The van der Waals surface area contributed by atoms with Gasteiger partial charge in [0.1, 0.15) is 0 Å². The molecule has 0 aliphatic heterocycles. The second-order valence-corrected chi connectivity index (χ2v) is 2.08. The fraction of sp³-hybridized carbons (Fsp3) is 1.00. The van der Waals surface area contributed by atoms with Crippen LogP contribution in [0.15, 0.2) is 0 Å². The maximum atomic E-state index is 8.47. The van der Waals surface area contributed by atoms with E-state index in [0.717, 1.165) is 6.42 Å². The largest absolute Gasteiger partial charge is 2.00 e. The molecular weight excluding hydrogens is 128 g/mol. The molecule has 0 aromatic rings. The first-order valence-corrected chi connectivity index (χ1v) is 2.92. The first-order chi connectivity index (χ1) is 3.31. The molecule has 0 fully saturated rings. The molecule has 1 nitrogen and oxygen atoms in total. The van der Waals surface area contributed by atoms with Crippen LogP contribution in [-0.4, -0.2) is 49.5 Å². The number of hydrogen-bond acceptors (Lipinski definition) is 1. The smallest absolute Gasteiger partial charge is 1.00 e. The van der Waals surface area contributed by atoms with Gasteiger partial charge in [0.15, 0.2) is 0 Å². The zero-order valence-corrected chi connectivity index (χ0v) is 8.06. The molecule has 0 amide bonds. The van der Waals surface area contributed by atoms with Crippen molar-refractivity contribution in [1.82, 2.24) is 0 Å². The molecule has 0 aliphatic carbocycles. The van der Waals surface area contributed by atoms with Crippen LogP contribution >= 0.6 is 0 Å². The van der Waals surface area contributed by atoms with Crippen LogP contribution in [0.1, 0.15) is 29.5 Å². The third kappa shape index (κ3) is 7.22. The van der Waals surface area contributed by atoms with Crippen LogP contribution in [0.4, 0.5) is 0 Å². The van der Waals surface area contributed by atoms with Crippen LogP contribution < -0.4 is 0 Å². The van der Waals surface area contributed by atoms with E-state index in [9.17, 15) is 0 Å². The Balaban J connectivity index is -0.0000000600. The van der Waals surface area contributed by atoms with Crippen LogP contribution in [0.25, 0.3) is 0 Å². The molecule has 0 bridgehead atoms. The standard InChI is InChI=1S/C6H14O.Ca.2H/c1-3-4-6(2)5-7;;;/h6-7H,3-5H2,1-2H3;;;/q;+2;2*-1. The summed E-state index contributed by atoms with van der Waals surface area (Å²) in [7, 11) is 0. The van der Waals surface area contributed by atoms with E-state index in [4.69, 9.17) is 5.11 Å². The molecular formula is C6H16CaO. The molecule has 1 atom stereocenters. The molecule has 1 unspecified atom stereocenters. The maximum Gasteiger partial charge on any atom is 2.00 e. The molecule has 1 N–H and O–H groups in total. The van der Waals surface area contributed by atoms with Gasteiger partial charge in [-0.15, -0.1) is 0 Å². The number of aliphatic hydroxyl groups is 1. The van der Waals surface area contributed by atoms with Crippen LogP contribution in [0, 0.1) is 5.92 Å². The van der Waals surface area contributed by atoms with E-state index in [1.807, 2.05) is 0 Å². The fourth-order valence-corrected chi connectivity index (χ4v) is 0.584. The molecule has 0 radical (unpaired) electrons. The summed E-state index contributed by atoms with van der Waals surface area (Å²) in [6.07, 6.45) is 2.33. The van der Waals surface area contributed by atoms with Gasteiger partial charge in [-0.05, 0) is 12.3 Å². The molecule has 8 heavy (non-hydrogen) atoms. The molecule has 0 aromatic carbocycles. The average molecular weight is 144 g/mol. The average Bonchev–Trinajstić information content (AvgIpc) is 1.68. The summed E-state index contributed by atoms with van der Waals surface area (Å²) in [5, 5.41) is 8.47. The van der Waals surface area contributed by atoms with Crippen molar-refractivity contribution in [3.8, 4) is 0 Å². The topological polar surface area (TPSA) is 20.2 Å². The Morgan fingerprint density at radius 3 is 2.25 bits per heavy atom. The molecule has 0 saturated carbocycles. The zero-order chi connectivity index (χ0) is 5.70. The summed E-state index contributed by atoms with van der Waals surface area (Å²) >= 11 is 0. The zero-order valence-electron chi connectivity index (χ0n) is 7.85. The van der Waals surface area contributed by atoms with Crippen molar-refractivity contribution in [2.24, 2.45) is 5.92 Å². The Morgan fingerprint density at radius 1 is 1.62 bits per heavy atom. The molecule has 0 spiro atoms. The van der Waals surface area contributed by atoms with Crippen molar-refractivity contribution in [3.63, 3.8) is 0 Å². The van der Waals surface area contributed by atoms with E-state index >= 15 is 0 Å². The second kappa shape index (κ2) is 8.22. The molecule has 48 valence electrons. The SMILES string of the molecule is CCCC(C)CO.[Ca+2].[H-].[H-]. The summed E-state index contributed by atoms with van der Waals surface area (Å²) in [4.78, 5) is 0. The molecule has 0 heterocycles. The van der Waals surface area contributed by atoms with Gasteiger partial charge < -0.3 is 7.96 Å². The van der Waals surface area contributed by atoms with Crippen LogP contribution in [-0.2, 0) is 0 Å². The van der Waals surface area contributed by atoms with Crippen molar-refractivity contribution in [3.05, 3.63) is 0 Å². The summed E-state index contributed by atoms with van der Waals surface area (Å²) in [6, 6.07) is 0. The van der Waals surface area contributed by atoms with Crippen molar-refractivity contribution in [2.45, 2.75) is 26.7 Å². The van der Waals surface area contributed by atoms with Gasteiger partial charge in [0.2, 0.25) is 0 Å². The second-order valence-electron chi connectivity index (χ2n) is 2.08. The van der Waals surface area contributed by atoms with Gasteiger partial charge in [0, 0.05) is 6.61 Å². The molecule has 0 aliphatic rings. The van der Waals surface area contributed by atoms with Crippen molar-refractivity contribution < 1.29 is 7.96 Å². The molecule has 0 aromatic heterocycles. The minimum absolute atomic E-state index is 0. The van der Waals surface area contributed by atoms with Gasteiger partial charge in [0.05, 0.1) is 0 Å². The third-order valence-corrected chi connectivity index (χ3v) is 1.09. The quantitative estimate of drug-likeness (QED) is 0.591. The van der Waals surface area contributed by atoms with Crippen LogP contribution in [0.5, 0.6) is 0 Å². The first kappa shape index (κ1) is 12.0. The molecule has 0 saturated heterocycles. The summed E-state index contributed by atoms with van der Waals surface area (Å²) in [6.45, 7) is 4.53. The van der Waals surface area contributed by atoms with Gasteiger partial charge in [-0.2, -0.15) is 0 Å². The third-order valence-electron chi connectivity index (χ3n) is 1.09. The van der Waals surface area contributed by atoms with Gasteiger partial charge in [-0.25, -0.2) is 0 Å². The molecule has 0 rings (SSSR count). The van der Waals surface area contributed by atoms with Crippen molar-refractivity contribution in [2.75, 3.05) is 6.61 Å². The Morgan fingerprint density at radius 2 is 2.12 bits per heavy atom. The van der Waals surface area contributed by atoms with Crippen molar-refractivity contribution in [1.29, 1.82) is 0 Å². The van der Waals surface area contributed by atoms with Gasteiger partial charge in [-0.3, -0.25) is 0 Å². The summed E-state index contributed by atoms with van der Waals surface area (Å²) in [5.41, 5.74) is 0. The fourth-order valence-electron chi connectivity index (χ4n) is 0.584. The minimum Gasteiger partial charge on any atom is -1.00 e. The Bertz CT molecular complexity index is 46.7. The van der Waals surface area contributed by atoms with E-state index in [2.05, 4.69) is 13.8 Å². The van der Waals surface area contributed by atoms with Crippen molar-refractivity contribution >= 4 is 37.7 Å². The number of rotatable bonds is 3. The van der Waals surface area contributed by atoms with Gasteiger partial charge >= 0.3 is 37.7 Å². The van der Waals surface area contributed by atoms with E-state index in [1.165, 1.54) is 6.42 Å². The minimum atomic E-state index is 0.